The molecule has 20 heavy (non-hydrogen) atoms. The standard InChI is InChI=1S/C15H20FNO3/c1-12(2)11-19-9-7-17-15(18)6-8-20-14-5-3-4-13(16)10-14/h3-5,10H,1,6-9,11H2,2H3,(H,17,18). The molecule has 1 aromatic rings. The molecule has 5 heteroatoms. The molecule has 0 fully saturated rings. The maximum atomic E-state index is 12.9. The van der Waals surface area contributed by atoms with E-state index >= 15 is 0 Å². The number of benzene rings is 1. The van der Waals surface area contributed by atoms with Crippen LogP contribution >= 0.6 is 0 Å². The molecule has 0 atom stereocenters. The van der Waals surface area contributed by atoms with Crippen LogP contribution in [-0.2, 0) is 9.53 Å². The molecule has 1 aromatic carbocycles. The Morgan fingerprint density at radius 2 is 2.20 bits per heavy atom. The van der Waals surface area contributed by atoms with Crippen LogP contribution in [0, 0.1) is 5.82 Å². The highest BCUT2D eigenvalue weighted by molar-refractivity contribution is 5.75. The fourth-order valence-corrected chi connectivity index (χ4v) is 1.42. The van der Waals surface area contributed by atoms with Crippen molar-refractivity contribution in [2.24, 2.45) is 0 Å². The van der Waals surface area contributed by atoms with Crippen LogP contribution < -0.4 is 10.1 Å². The van der Waals surface area contributed by atoms with Gasteiger partial charge >= 0.3 is 0 Å². The third-order valence-electron chi connectivity index (χ3n) is 2.31. The normalized spacial score (nSPS) is 10.1. The van der Waals surface area contributed by atoms with Crippen molar-refractivity contribution < 1.29 is 18.7 Å². The Balaban J connectivity index is 2.07. The second-order valence-electron chi connectivity index (χ2n) is 4.42. The van der Waals surface area contributed by atoms with E-state index in [0.29, 0.717) is 25.5 Å². The number of hydrogen-bond donors (Lipinski definition) is 1. The van der Waals surface area contributed by atoms with Crippen LogP contribution in [0.3, 0.4) is 0 Å². The molecule has 0 unspecified atom stereocenters. The van der Waals surface area contributed by atoms with Gasteiger partial charge in [0.25, 0.3) is 0 Å². The molecule has 0 aliphatic heterocycles. The molecule has 0 bridgehead atoms. The summed E-state index contributed by atoms with van der Waals surface area (Å²) in [7, 11) is 0. The third kappa shape index (κ3) is 7.53. The van der Waals surface area contributed by atoms with Gasteiger partial charge < -0.3 is 14.8 Å². The third-order valence-corrected chi connectivity index (χ3v) is 2.31. The van der Waals surface area contributed by atoms with Gasteiger partial charge in [0.2, 0.25) is 5.91 Å². The maximum absolute atomic E-state index is 12.9. The van der Waals surface area contributed by atoms with Gasteiger partial charge in [-0.2, -0.15) is 0 Å². The summed E-state index contributed by atoms with van der Waals surface area (Å²) in [6, 6.07) is 5.82. The van der Waals surface area contributed by atoms with Crippen LogP contribution in [0.25, 0.3) is 0 Å². The van der Waals surface area contributed by atoms with Crippen LogP contribution in [-0.4, -0.2) is 32.3 Å². The van der Waals surface area contributed by atoms with E-state index in [0.717, 1.165) is 5.57 Å². The van der Waals surface area contributed by atoms with E-state index in [1.54, 1.807) is 12.1 Å². The van der Waals surface area contributed by atoms with Crippen LogP contribution in [0.5, 0.6) is 5.75 Å². The summed E-state index contributed by atoms with van der Waals surface area (Å²) in [5, 5.41) is 2.71. The largest absolute Gasteiger partial charge is 0.493 e. The summed E-state index contributed by atoms with van der Waals surface area (Å²) >= 11 is 0. The van der Waals surface area contributed by atoms with Gasteiger partial charge in [-0.3, -0.25) is 4.79 Å². The van der Waals surface area contributed by atoms with E-state index in [1.807, 2.05) is 6.92 Å². The minimum Gasteiger partial charge on any atom is -0.493 e. The Hall–Kier alpha value is -1.88. The van der Waals surface area contributed by atoms with Crippen molar-refractivity contribution in [1.29, 1.82) is 0 Å². The smallest absolute Gasteiger partial charge is 0.223 e. The van der Waals surface area contributed by atoms with E-state index in [1.165, 1.54) is 12.1 Å². The molecule has 0 heterocycles. The van der Waals surface area contributed by atoms with Gasteiger partial charge in [-0.25, -0.2) is 4.39 Å². The van der Waals surface area contributed by atoms with E-state index in [9.17, 15) is 9.18 Å². The quantitative estimate of drug-likeness (QED) is 0.558. The van der Waals surface area contributed by atoms with Crippen molar-refractivity contribution in [2.45, 2.75) is 13.3 Å². The Morgan fingerprint density at radius 1 is 1.40 bits per heavy atom. The van der Waals surface area contributed by atoms with Crippen LogP contribution in [0.4, 0.5) is 4.39 Å². The molecule has 1 amide bonds. The van der Waals surface area contributed by atoms with E-state index in [-0.39, 0.29) is 24.8 Å². The maximum Gasteiger partial charge on any atom is 0.223 e. The second-order valence-corrected chi connectivity index (χ2v) is 4.42. The van der Waals surface area contributed by atoms with Gasteiger partial charge in [0.1, 0.15) is 11.6 Å². The van der Waals surface area contributed by atoms with Crippen LogP contribution in [0.2, 0.25) is 0 Å². The molecule has 0 radical (unpaired) electrons. The van der Waals surface area contributed by atoms with Gasteiger partial charge in [0.05, 0.1) is 26.2 Å². The predicted octanol–water partition coefficient (Wildman–Crippen LogP) is 2.30. The first-order valence-electron chi connectivity index (χ1n) is 6.45. The minimum atomic E-state index is -0.360. The number of carbonyl (C=O) groups excluding carboxylic acids is 1. The fraction of sp³-hybridized carbons (Fsp3) is 0.400. The average molecular weight is 281 g/mol. The lowest BCUT2D eigenvalue weighted by Crippen LogP contribution is -2.28. The topological polar surface area (TPSA) is 47.6 Å². The first kappa shape index (κ1) is 16.2. The molecule has 1 rings (SSSR count). The Bertz CT molecular complexity index is 448. The van der Waals surface area contributed by atoms with Crippen molar-refractivity contribution in [3.8, 4) is 5.75 Å². The highest BCUT2D eigenvalue weighted by Crippen LogP contribution is 2.11. The van der Waals surface area contributed by atoms with E-state index in [2.05, 4.69) is 11.9 Å². The van der Waals surface area contributed by atoms with Crippen LogP contribution in [0.1, 0.15) is 13.3 Å². The molecule has 4 nitrogen and oxygen atoms in total. The van der Waals surface area contributed by atoms with Crippen molar-refractivity contribution in [2.75, 3.05) is 26.4 Å². The lowest BCUT2D eigenvalue weighted by Gasteiger charge is -2.08. The number of rotatable bonds is 9. The summed E-state index contributed by atoms with van der Waals surface area (Å²) in [4.78, 5) is 11.5. The van der Waals surface area contributed by atoms with Gasteiger partial charge in [-0.1, -0.05) is 18.2 Å². The molecule has 1 N–H and O–H groups in total. The van der Waals surface area contributed by atoms with Crippen molar-refractivity contribution in [3.63, 3.8) is 0 Å². The van der Waals surface area contributed by atoms with E-state index < -0.39 is 0 Å². The van der Waals surface area contributed by atoms with Crippen molar-refractivity contribution in [3.05, 3.63) is 42.2 Å². The molecule has 0 saturated heterocycles. The number of hydrogen-bond acceptors (Lipinski definition) is 3. The van der Waals surface area contributed by atoms with Crippen LogP contribution in [0.15, 0.2) is 36.4 Å². The highest BCUT2D eigenvalue weighted by atomic mass is 19.1. The first-order valence-corrected chi connectivity index (χ1v) is 6.45. The molecule has 0 aliphatic carbocycles. The molecule has 110 valence electrons. The average Bonchev–Trinajstić information content (AvgIpc) is 2.38. The predicted molar refractivity (Wildman–Crippen MR) is 75.2 cm³/mol. The van der Waals surface area contributed by atoms with Gasteiger partial charge in [-0.05, 0) is 19.1 Å². The zero-order valence-corrected chi connectivity index (χ0v) is 11.7. The first-order chi connectivity index (χ1) is 9.58. The van der Waals surface area contributed by atoms with Gasteiger partial charge in [0, 0.05) is 12.6 Å². The fourth-order valence-electron chi connectivity index (χ4n) is 1.42. The lowest BCUT2D eigenvalue weighted by molar-refractivity contribution is -0.121. The molecule has 0 aliphatic rings. The van der Waals surface area contributed by atoms with Gasteiger partial charge in [0.15, 0.2) is 0 Å². The summed E-state index contributed by atoms with van der Waals surface area (Å²) in [6.07, 6.45) is 0.219. The zero-order chi connectivity index (χ0) is 14.8. The molecule has 0 aromatic heterocycles. The van der Waals surface area contributed by atoms with Gasteiger partial charge in [-0.15, -0.1) is 0 Å². The number of nitrogens with one attached hydrogen (secondary N) is 1. The second kappa shape index (κ2) is 9.09. The molecule has 0 spiro atoms. The number of ether oxygens (including phenoxy) is 2. The summed E-state index contributed by atoms with van der Waals surface area (Å²) in [6.45, 7) is 7.19. The molecular weight excluding hydrogens is 261 g/mol. The summed E-state index contributed by atoms with van der Waals surface area (Å²) in [5.74, 6) is -0.0652. The van der Waals surface area contributed by atoms with Crippen molar-refractivity contribution >= 4 is 5.91 Å². The SMILES string of the molecule is C=C(C)COCCNC(=O)CCOc1cccc(F)c1. The lowest BCUT2D eigenvalue weighted by atomic mass is 10.3. The Morgan fingerprint density at radius 3 is 2.90 bits per heavy atom. The number of amides is 1. The monoisotopic (exact) mass is 281 g/mol. The highest BCUT2D eigenvalue weighted by Gasteiger charge is 2.02. The Labute approximate surface area is 118 Å². The Kier molecular flexibility index (Phi) is 7.35. The number of halogens is 1. The molecular formula is C15H20FNO3. The summed E-state index contributed by atoms with van der Waals surface area (Å²) < 4.78 is 23.4. The van der Waals surface area contributed by atoms with E-state index in [4.69, 9.17) is 9.47 Å². The minimum absolute atomic E-state index is 0.125. The number of carbonyl (C=O) groups is 1. The van der Waals surface area contributed by atoms with Crippen molar-refractivity contribution in [1.82, 2.24) is 5.32 Å². The summed E-state index contributed by atoms with van der Waals surface area (Å²) in [5.41, 5.74) is 0.944. The zero-order valence-electron chi connectivity index (χ0n) is 11.7. The molecule has 0 saturated carbocycles.